The third-order valence-corrected chi connectivity index (χ3v) is 5.07. The van der Waals surface area contributed by atoms with Gasteiger partial charge in [-0.1, -0.05) is 6.92 Å². The van der Waals surface area contributed by atoms with E-state index in [4.69, 9.17) is 5.73 Å². The van der Waals surface area contributed by atoms with Gasteiger partial charge in [0.05, 0.1) is 22.6 Å². The van der Waals surface area contributed by atoms with Crippen LogP contribution in [0.5, 0.6) is 0 Å². The fourth-order valence-electron chi connectivity index (χ4n) is 1.69. The molecule has 0 spiro atoms. The molecule has 1 aliphatic heterocycles. The monoisotopic (exact) mass is 248 g/mol. The lowest BCUT2D eigenvalue weighted by molar-refractivity contribution is -0.127. The van der Waals surface area contributed by atoms with Gasteiger partial charge in [0, 0.05) is 0 Å². The molecule has 1 saturated heterocycles. The summed E-state index contributed by atoms with van der Waals surface area (Å²) in [5.74, 6) is -0.141. The number of rotatable bonds is 3. The lowest BCUT2D eigenvalue weighted by Gasteiger charge is -2.30. The SMILES string of the molecule is CCC(C)(N)C(=O)NC1(C)CCS(=O)(=O)C1. The topological polar surface area (TPSA) is 89.3 Å². The lowest BCUT2D eigenvalue weighted by Crippen LogP contribution is -2.58. The molecule has 0 aromatic rings. The van der Waals surface area contributed by atoms with E-state index in [0.29, 0.717) is 12.8 Å². The van der Waals surface area contributed by atoms with Crippen molar-refractivity contribution in [2.75, 3.05) is 11.5 Å². The van der Waals surface area contributed by atoms with E-state index in [1.807, 2.05) is 6.92 Å². The number of nitrogens with two attached hydrogens (primary N) is 1. The molecule has 0 radical (unpaired) electrons. The van der Waals surface area contributed by atoms with Gasteiger partial charge in [-0.3, -0.25) is 4.79 Å². The van der Waals surface area contributed by atoms with Crippen LogP contribution >= 0.6 is 0 Å². The van der Waals surface area contributed by atoms with Gasteiger partial charge in [-0.2, -0.15) is 0 Å². The zero-order valence-electron chi connectivity index (χ0n) is 10.0. The molecule has 0 aliphatic carbocycles. The van der Waals surface area contributed by atoms with Crippen LogP contribution in [0.25, 0.3) is 0 Å². The molecule has 0 aromatic carbocycles. The van der Waals surface area contributed by atoms with Crippen LogP contribution in [-0.4, -0.2) is 36.9 Å². The van der Waals surface area contributed by atoms with Crippen LogP contribution in [0.4, 0.5) is 0 Å². The number of carbonyl (C=O) groups excluding carboxylic acids is 1. The maximum atomic E-state index is 11.8. The Balaban J connectivity index is 2.73. The second-order valence-corrected chi connectivity index (χ2v) is 7.31. The van der Waals surface area contributed by atoms with Crippen LogP contribution in [0.2, 0.25) is 0 Å². The van der Waals surface area contributed by atoms with Crippen LogP contribution in [0.1, 0.15) is 33.6 Å². The molecule has 0 saturated carbocycles. The van der Waals surface area contributed by atoms with Crippen molar-refractivity contribution in [1.29, 1.82) is 0 Å². The van der Waals surface area contributed by atoms with E-state index in [1.165, 1.54) is 0 Å². The largest absolute Gasteiger partial charge is 0.348 e. The molecule has 0 aromatic heterocycles. The summed E-state index contributed by atoms with van der Waals surface area (Å²) in [5, 5.41) is 2.76. The number of hydrogen-bond acceptors (Lipinski definition) is 4. The minimum atomic E-state index is -3.01. The quantitative estimate of drug-likeness (QED) is 0.724. The van der Waals surface area contributed by atoms with E-state index in [9.17, 15) is 13.2 Å². The van der Waals surface area contributed by atoms with Gasteiger partial charge in [-0.25, -0.2) is 8.42 Å². The van der Waals surface area contributed by atoms with E-state index in [2.05, 4.69) is 5.32 Å². The van der Waals surface area contributed by atoms with Crippen molar-refractivity contribution in [2.24, 2.45) is 5.73 Å². The molecule has 0 bridgehead atoms. The first-order valence-corrected chi connectivity index (χ1v) is 7.24. The summed E-state index contributed by atoms with van der Waals surface area (Å²) < 4.78 is 22.7. The molecular formula is C10H20N2O3S. The van der Waals surface area contributed by atoms with Crippen molar-refractivity contribution in [3.05, 3.63) is 0 Å². The number of nitrogens with one attached hydrogen (secondary N) is 1. The van der Waals surface area contributed by atoms with Gasteiger partial charge in [-0.05, 0) is 26.7 Å². The van der Waals surface area contributed by atoms with E-state index in [1.54, 1.807) is 13.8 Å². The molecule has 2 unspecified atom stereocenters. The van der Waals surface area contributed by atoms with Crippen molar-refractivity contribution in [3.63, 3.8) is 0 Å². The molecule has 94 valence electrons. The van der Waals surface area contributed by atoms with E-state index in [0.717, 1.165) is 0 Å². The molecular weight excluding hydrogens is 228 g/mol. The molecule has 2 atom stereocenters. The summed E-state index contributed by atoms with van der Waals surface area (Å²) >= 11 is 0. The third kappa shape index (κ3) is 2.95. The summed E-state index contributed by atoms with van der Waals surface area (Å²) in [7, 11) is -3.01. The van der Waals surface area contributed by atoms with Crippen molar-refractivity contribution in [3.8, 4) is 0 Å². The standard InChI is InChI=1S/C10H20N2O3S/c1-4-10(3,11)8(13)12-9(2)5-6-16(14,15)7-9/h4-7,11H2,1-3H3,(H,12,13). The zero-order chi connectivity index (χ0) is 12.6. The molecule has 1 amide bonds. The van der Waals surface area contributed by atoms with E-state index >= 15 is 0 Å². The summed E-state index contributed by atoms with van der Waals surface area (Å²) in [6.45, 7) is 5.23. The van der Waals surface area contributed by atoms with Gasteiger partial charge >= 0.3 is 0 Å². The van der Waals surface area contributed by atoms with Gasteiger partial charge in [0.1, 0.15) is 0 Å². The first-order chi connectivity index (χ1) is 7.10. The number of carbonyl (C=O) groups is 1. The minimum absolute atomic E-state index is 0.00549. The second-order valence-electron chi connectivity index (χ2n) is 5.13. The van der Waals surface area contributed by atoms with Crippen molar-refractivity contribution in [2.45, 2.75) is 44.7 Å². The average Bonchev–Trinajstić information content (AvgIpc) is 2.40. The van der Waals surface area contributed by atoms with Gasteiger partial charge in [0.15, 0.2) is 9.84 Å². The van der Waals surface area contributed by atoms with Crippen molar-refractivity contribution in [1.82, 2.24) is 5.32 Å². The molecule has 5 nitrogen and oxygen atoms in total. The fraction of sp³-hybridized carbons (Fsp3) is 0.900. The Morgan fingerprint density at radius 1 is 1.56 bits per heavy atom. The number of sulfone groups is 1. The highest BCUT2D eigenvalue weighted by atomic mass is 32.2. The predicted octanol–water partition coefficient (Wildman–Crippen LogP) is -0.193. The molecule has 1 heterocycles. The second kappa shape index (κ2) is 4.00. The van der Waals surface area contributed by atoms with Crippen LogP contribution in [-0.2, 0) is 14.6 Å². The molecule has 1 aliphatic rings. The zero-order valence-corrected chi connectivity index (χ0v) is 10.9. The minimum Gasteiger partial charge on any atom is -0.348 e. The highest BCUT2D eigenvalue weighted by molar-refractivity contribution is 7.91. The molecule has 1 rings (SSSR count). The van der Waals surface area contributed by atoms with E-state index < -0.39 is 20.9 Å². The lowest BCUT2D eigenvalue weighted by atomic mass is 9.95. The number of hydrogen-bond donors (Lipinski definition) is 2. The average molecular weight is 248 g/mol. The summed E-state index contributed by atoms with van der Waals surface area (Å²) in [6, 6.07) is 0. The van der Waals surface area contributed by atoms with Crippen LogP contribution in [0.3, 0.4) is 0 Å². The van der Waals surface area contributed by atoms with Crippen LogP contribution in [0, 0.1) is 0 Å². The third-order valence-electron chi connectivity index (χ3n) is 3.17. The summed E-state index contributed by atoms with van der Waals surface area (Å²) in [4.78, 5) is 11.8. The fourth-order valence-corrected chi connectivity index (χ4v) is 3.78. The maximum Gasteiger partial charge on any atom is 0.240 e. The first kappa shape index (κ1) is 13.4. The van der Waals surface area contributed by atoms with Gasteiger partial charge < -0.3 is 11.1 Å². The summed E-state index contributed by atoms with van der Waals surface area (Å²) in [5.41, 5.74) is 4.21. The van der Waals surface area contributed by atoms with Gasteiger partial charge in [-0.15, -0.1) is 0 Å². The summed E-state index contributed by atoms with van der Waals surface area (Å²) in [6.07, 6.45) is 0.975. The molecule has 6 heteroatoms. The molecule has 3 N–H and O–H groups in total. The highest BCUT2D eigenvalue weighted by Crippen LogP contribution is 2.23. The Morgan fingerprint density at radius 3 is 2.50 bits per heavy atom. The molecule has 16 heavy (non-hydrogen) atoms. The Bertz CT molecular complexity index is 389. The highest BCUT2D eigenvalue weighted by Gasteiger charge is 2.41. The Kier molecular flexibility index (Phi) is 3.36. The normalized spacial score (nSPS) is 32.0. The van der Waals surface area contributed by atoms with Gasteiger partial charge in [0.25, 0.3) is 0 Å². The van der Waals surface area contributed by atoms with Crippen molar-refractivity contribution < 1.29 is 13.2 Å². The Labute approximate surface area is 96.7 Å². The Hall–Kier alpha value is -0.620. The first-order valence-electron chi connectivity index (χ1n) is 5.42. The van der Waals surface area contributed by atoms with Gasteiger partial charge in [0.2, 0.25) is 5.91 Å². The van der Waals surface area contributed by atoms with E-state index in [-0.39, 0.29) is 17.4 Å². The smallest absolute Gasteiger partial charge is 0.240 e. The Morgan fingerprint density at radius 2 is 2.12 bits per heavy atom. The predicted molar refractivity (Wildman–Crippen MR) is 62.7 cm³/mol. The molecule has 1 fully saturated rings. The maximum absolute atomic E-state index is 11.8. The van der Waals surface area contributed by atoms with Crippen LogP contribution < -0.4 is 11.1 Å². The van der Waals surface area contributed by atoms with Crippen LogP contribution in [0.15, 0.2) is 0 Å². The van der Waals surface area contributed by atoms with Crippen molar-refractivity contribution >= 4 is 15.7 Å². The number of amides is 1.